The number of amides is 1. The summed E-state index contributed by atoms with van der Waals surface area (Å²) in [5, 5.41) is 11.3. The van der Waals surface area contributed by atoms with Gasteiger partial charge in [0.2, 0.25) is 5.91 Å². The molecule has 0 spiro atoms. The largest absolute Gasteiger partial charge is 0.478 e. The third kappa shape index (κ3) is 3.69. The van der Waals surface area contributed by atoms with Gasteiger partial charge in [0, 0.05) is 17.1 Å². The van der Waals surface area contributed by atoms with E-state index >= 15 is 0 Å². The molecule has 1 amide bonds. The Kier molecular flexibility index (Phi) is 4.96. The molecule has 1 rings (SSSR count). The molecule has 1 aromatic carbocycles. The van der Waals surface area contributed by atoms with Crippen LogP contribution in [0.1, 0.15) is 17.3 Å². The monoisotopic (exact) mass is 275 g/mol. The number of hydrogen-bond acceptors (Lipinski definition) is 2. The summed E-state index contributed by atoms with van der Waals surface area (Å²) >= 11 is 3.10. The van der Waals surface area contributed by atoms with Gasteiger partial charge in [-0.15, -0.1) is 0 Å². The van der Waals surface area contributed by atoms with Gasteiger partial charge < -0.3 is 15.9 Å². The van der Waals surface area contributed by atoms with Crippen molar-refractivity contribution in [1.29, 1.82) is 0 Å². The van der Waals surface area contributed by atoms with Crippen molar-refractivity contribution in [3.8, 4) is 0 Å². The lowest BCUT2D eigenvalue weighted by atomic mass is 10.2. The van der Waals surface area contributed by atoms with Crippen LogP contribution in [0.25, 0.3) is 0 Å². The van der Waals surface area contributed by atoms with Crippen molar-refractivity contribution in [1.82, 2.24) is 0 Å². The van der Waals surface area contributed by atoms with Crippen LogP contribution in [0.3, 0.4) is 0 Å². The maximum atomic E-state index is 10.7. The van der Waals surface area contributed by atoms with Crippen LogP contribution in [0.5, 0.6) is 0 Å². The smallest absolute Gasteiger partial charge is 0.336 e. The summed E-state index contributed by atoms with van der Waals surface area (Å²) in [5.41, 5.74) is 0.592. The molecular formula is C9H10BrNO4. The van der Waals surface area contributed by atoms with Crippen molar-refractivity contribution in [3.63, 3.8) is 0 Å². The third-order valence-electron chi connectivity index (χ3n) is 1.52. The summed E-state index contributed by atoms with van der Waals surface area (Å²) in [6, 6.07) is 4.60. The molecule has 0 bridgehead atoms. The molecule has 5 nitrogen and oxygen atoms in total. The molecule has 4 N–H and O–H groups in total. The Morgan fingerprint density at radius 1 is 1.40 bits per heavy atom. The minimum atomic E-state index is -1.04. The molecule has 0 heterocycles. The molecule has 0 atom stereocenters. The first-order chi connectivity index (χ1) is 6.50. The topological polar surface area (TPSA) is 97.9 Å². The molecule has 0 aliphatic rings. The van der Waals surface area contributed by atoms with Crippen LogP contribution in [-0.4, -0.2) is 22.5 Å². The average Bonchev–Trinajstić information content (AvgIpc) is 2.07. The van der Waals surface area contributed by atoms with Crippen molar-refractivity contribution in [2.45, 2.75) is 6.92 Å². The Hall–Kier alpha value is -1.40. The molecular weight excluding hydrogens is 266 g/mol. The number of carbonyl (C=O) groups is 2. The number of carboxylic acid groups (broad SMARTS) is 1. The molecule has 0 unspecified atom stereocenters. The summed E-state index contributed by atoms with van der Waals surface area (Å²) in [6.45, 7) is 1.36. The molecule has 0 fully saturated rings. The van der Waals surface area contributed by atoms with Gasteiger partial charge in [-0.25, -0.2) is 4.79 Å². The lowest BCUT2D eigenvalue weighted by Gasteiger charge is -2.04. The van der Waals surface area contributed by atoms with Gasteiger partial charge in [-0.2, -0.15) is 0 Å². The fourth-order valence-corrected chi connectivity index (χ4v) is 1.39. The van der Waals surface area contributed by atoms with E-state index in [2.05, 4.69) is 21.2 Å². The molecule has 6 heteroatoms. The normalized spacial score (nSPS) is 8.93. The lowest BCUT2D eigenvalue weighted by molar-refractivity contribution is -0.114. The van der Waals surface area contributed by atoms with Crippen molar-refractivity contribution >= 4 is 33.5 Å². The molecule has 0 aliphatic carbocycles. The van der Waals surface area contributed by atoms with Crippen LogP contribution in [0, 0.1) is 0 Å². The second-order valence-electron chi connectivity index (χ2n) is 2.68. The summed E-state index contributed by atoms with van der Waals surface area (Å²) in [6.07, 6.45) is 0. The van der Waals surface area contributed by atoms with Gasteiger partial charge >= 0.3 is 5.97 Å². The van der Waals surface area contributed by atoms with Gasteiger partial charge in [0.05, 0.1) is 5.56 Å². The van der Waals surface area contributed by atoms with Crippen LogP contribution >= 0.6 is 15.9 Å². The van der Waals surface area contributed by atoms with Crippen molar-refractivity contribution in [3.05, 3.63) is 28.2 Å². The van der Waals surface area contributed by atoms with Gasteiger partial charge in [-0.05, 0) is 34.1 Å². The van der Waals surface area contributed by atoms with E-state index < -0.39 is 5.97 Å². The SMILES string of the molecule is CC(=O)Nc1ccc(Br)c(C(=O)O)c1.O. The Labute approximate surface area is 94.5 Å². The highest BCUT2D eigenvalue weighted by atomic mass is 79.9. The van der Waals surface area contributed by atoms with Crippen molar-refractivity contribution in [2.75, 3.05) is 5.32 Å². The predicted molar refractivity (Wildman–Crippen MR) is 59.0 cm³/mol. The number of hydrogen-bond donors (Lipinski definition) is 2. The summed E-state index contributed by atoms with van der Waals surface area (Å²) in [5.74, 6) is -1.27. The first-order valence-corrected chi connectivity index (χ1v) is 4.60. The Balaban J connectivity index is 0.00000196. The summed E-state index contributed by atoms with van der Waals surface area (Å²) in [4.78, 5) is 21.4. The maximum absolute atomic E-state index is 10.7. The lowest BCUT2D eigenvalue weighted by Crippen LogP contribution is -2.07. The summed E-state index contributed by atoms with van der Waals surface area (Å²) in [7, 11) is 0. The van der Waals surface area contributed by atoms with Crippen LogP contribution in [0.15, 0.2) is 22.7 Å². The first kappa shape index (κ1) is 13.6. The summed E-state index contributed by atoms with van der Waals surface area (Å²) < 4.78 is 0.485. The molecule has 15 heavy (non-hydrogen) atoms. The Morgan fingerprint density at radius 3 is 2.47 bits per heavy atom. The van der Waals surface area contributed by atoms with E-state index in [0.717, 1.165) is 0 Å². The van der Waals surface area contributed by atoms with Gasteiger partial charge in [-0.3, -0.25) is 4.79 Å². The van der Waals surface area contributed by atoms with E-state index in [0.29, 0.717) is 10.2 Å². The van der Waals surface area contributed by atoms with Gasteiger partial charge in [0.15, 0.2) is 0 Å². The highest BCUT2D eigenvalue weighted by molar-refractivity contribution is 9.10. The van der Waals surface area contributed by atoms with Crippen molar-refractivity contribution < 1.29 is 20.2 Å². The van der Waals surface area contributed by atoms with E-state index in [1.54, 1.807) is 12.1 Å². The van der Waals surface area contributed by atoms with Crippen LogP contribution in [0.4, 0.5) is 5.69 Å². The molecule has 0 saturated heterocycles. The fraction of sp³-hybridized carbons (Fsp3) is 0.111. The van der Waals surface area contributed by atoms with Crippen LogP contribution in [0.2, 0.25) is 0 Å². The average molecular weight is 276 g/mol. The second kappa shape index (κ2) is 5.47. The van der Waals surface area contributed by atoms with E-state index in [9.17, 15) is 9.59 Å². The van der Waals surface area contributed by atoms with E-state index in [1.165, 1.54) is 13.0 Å². The third-order valence-corrected chi connectivity index (χ3v) is 2.21. The molecule has 1 aromatic rings. The Bertz CT molecular complexity index is 392. The van der Waals surface area contributed by atoms with Gasteiger partial charge in [0.1, 0.15) is 0 Å². The van der Waals surface area contributed by atoms with E-state index in [-0.39, 0.29) is 16.9 Å². The Morgan fingerprint density at radius 2 is 2.00 bits per heavy atom. The van der Waals surface area contributed by atoms with Crippen molar-refractivity contribution in [2.24, 2.45) is 0 Å². The molecule has 82 valence electrons. The number of benzene rings is 1. The minimum absolute atomic E-state index is 0. The van der Waals surface area contributed by atoms with E-state index in [4.69, 9.17) is 5.11 Å². The number of anilines is 1. The van der Waals surface area contributed by atoms with Gasteiger partial charge in [-0.1, -0.05) is 0 Å². The first-order valence-electron chi connectivity index (χ1n) is 3.81. The standard InChI is InChI=1S/C9H8BrNO3.H2O/c1-5(12)11-6-2-3-8(10)7(4-6)9(13)14;/h2-4H,1H3,(H,11,12)(H,13,14);1H2. The fourth-order valence-electron chi connectivity index (χ4n) is 0.970. The number of halogens is 1. The molecule has 0 aliphatic heterocycles. The number of rotatable bonds is 2. The number of nitrogens with one attached hydrogen (secondary N) is 1. The quantitative estimate of drug-likeness (QED) is 0.851. The maximum Gasteiger partial charge on any atom is 0.336 e. The minimum Gasteiger partial charge on any atom is -0.478 e. The molecule has 0 radical (unpaired) electrons. The molecule has 0 aromatic heterocycles. The number of carbonyl (C=O) groups excluding carboxylic acids is 1. The molecule has 0 saturated carbocycles. The van der Waals surface area contributed by atoms with Crippen LogP contribution in [-0.2, 0) is 4.79 Å². The van der Waals surface area contributed by atoms with Gasteiger partial charge in [0.25, 0.3) is 0 Å². The number of carboxylic acids is 1. The second-order valence-corrected chi connectivity index (χ2v) is 3.54. The van der Waals surface area contributed by atoms with E-state index in [1.807, 2.05) is 0 Å². The highest BCUT2D eigenvalue weighted by Gasteiger charge is 2.09. The zero-order chi connectivity index (χ0) is 10.7. The number of aromatic carboxylic acids is 1. The zero-order valence-corrected chi connectivity index (χ0v) is 9.46. The highest BCUT2D eigenvalue weighted by Crippen LogP contribution is 2.20. The zero-order valence-electron chi connectivity index (χ0n) is 7.87. The predicted octanol–water partition coefficient (Wildman–Crippen LogP) is 1.28. The van der Waals surface area contributed by atoms with Crippen LogP contribution < -0.4 is 5.32 Å².